The van der Waals surface area contributed by atoms with Crippen LogP contribution in [-0.4, -0.2) is 35.9 Å². The van der Waals surface area contributed by atoms with Crippen LogP contribution in [0.15, 0.2) is 6.20 Å². The number of ether oxygens (including phenoxy) is 1. The average molecular weight is 254 g/mol. The van der Waals surface area contributed by atoms with Gasteiger partial charge in [0.25, 0.3) is 5.91 Å². The highest BCUT2D eigenvalue weighted by atomic mass is 16.5. The summed E-state index contributed by atoms with van der Waals surface area (Å²) in [5.74, 6) is -0.202. The van der Waals surface area contributed by atoms with Crippen molar-refractivity contribution in [3.05, 3.63) is 11.9 Å². The molecule has 18 heavy (non-hydrogen) atoms. The van der Waals surface area contributed by atoms with Crippen molar-refractivity contribution in [1.29, 1.82) is 0 Å². The maximum Gasteiger partial charge on any atom is 0.273 e. The van der Waals surface area contributed by atoms with Gasteiger partial charge in [0.05, 0.1) is 5.69 Å². The Balaban J connectivity index is 2.29. The van der Waals surface area contributed by atoms with Crippen LogP contribution in [0.25, 0.3) is 0 Å². The first-order valence-corrected chi connectivity index (χ1v) is 6.29. The molecule has 3 N–H and O–H groups in total. The molecule has 1 amide bonds. The lowest BCUT2D eigenvalue weighted by Crippen LogP contribution is -2.25. The third-order valence-corrected chi connectivity index (χ3v) is 2.64. The molecule has 1 aromatic heterocycles. The van der Waals surface area contributed by atoms with Crippen LogP contribution in [0.4, 0.5) is 5.69 Å². The molecule has 0 aliphatic carbocycles. The predicted octanol–water partition coefficient (Wildman–Crippen LogP) is 1.03. The zero-order valence-corrected chi connectivity index (χ0v) is 11.1. The van der Waals surface area contributed by atoms with Crippen LogP contribution in [0.1, 0.15) is 36.7 Å². The Morgan fingerprint density at radius 1 is 1.50 bits per heavy atom. The van der Waals surface area contributed by atoms with E-state index in [1.165, 1.54) is 0 Å². The smallest absolute Gasteiger partial charge is 0.273 e. The van der Waals surface area contributed by atoms with Gasteiger partial charge in [0, 0.05) is 33.0 Å². The van der Waals surface area contributed by atoms with E-state index in [2.05, 4.69) is 10.4 Å². The van der Waals surface area contributed by atoms with Crippen LogP contribution in [0, 0.1) is 0 Å². The Morgan fingerprint density at radius 3 is 2.89 bits per heavy atom. The van der Waals surface area contributed by atoms with E-state index in [4.69, 9.17) is 10.5 Å². The molecule has 0 atom stereocenters. The molecule has 0 spiro atoms. The second kappa shape index (κ2) is 7.71. The molecule has 1 heterocycles. The number of amides is 1. The largest absolute Gasteiger partial charge is 0.396 e. The van der Waals surface area contributed by atoms with Gasteiger partial charge < -0.3 is 15.8 Å². The van der Waals surface area contributed by atoms with Crippen molar-refractivity contribution in [2.24, 2.45) is 0 Å². The second-order valence-electron chi connectivity index (χ2n) is 4.10. The Bertz CT molecular complexity index is 376. The number of hydrogen-bond donors (Lipinski definition) is 2. The number of methoxy groups -OCH3 is 1. The zero-order chi connectivity index (χ0) is 13.4. The van der Waals surface area contributed by atoms with Crippen molar-refractivity contribution in [1.82, 2.24) is 15.1 Å². The molecule has 0 unspecified atom stereocenters. The first-order valence-electron chi connectivity index (χ1n) is 6.29. The summed E-state index contributed by atoms with van der Waals surface area (Å²) >= 11 is 0. The summed E-state index contributed by atoms with van der Waals surface area (Å²) in [6.45, 7) is 4.06. The van der Waals surface area contributed by atoms with Gasteiger partial charge in [-0.2, -0.15) is 5.10 Å². The Morgan fingerprint density at radius 2 is 2.28 bits per heavy atom. The Labute approximate surface area is 107 Å². The molecule has 6 nitrogen and oxygen atoms in total. The molecule has 0 aliphatic heterocycles. The highest BCUT2D eigenvalue weighted by molar-refractivity contribution is 5.96. The third kappa shape index (κ3) is 4.37. The maximum absolute atomic E-state index is 11.8. The van der Waals surface area contributed by atoms with Crippen molar-refractivity contribution in [3.8, 4) is 0 Å². The van der Waals surface area contributed by atoms with Crippen LogP contribution in [0.3, 0.4) is 0 Å². The number of unbranched alkanes of at least 4 members (excludes halogenated alkanes) is 2. The predicted molar refractivity (Wildman–Crippen MR) is 70.4 cm³/mol. The fourth-order valence-electron chi connectivity index (χ4n) is 1.61. The standard InChI is InChI=1S/C12H22N4O2/c1-3-16-9-10(13)11(15-16)12(17)14-7-5-4-6-8-18-2/h9H,3-8,13H2,1-2H3,(H,14,17). The van der Waals surface area contributed by atoms with E-state index in [1.54, 1.807) is 18.0 Å². The molecule has 0 saturated heterocycles. The monoisotopic (exact) mass is 254 g/mol. The molecule has 6 heteroatoms. The number of anilines is 1. The average Bonchev–Trinajstić information content (AvgIpc) is 2.75. The summed E-state index contributed by atoms with van der Waals surface area (Å²) in [5, 5.41) is 6.93. The lowest BCUT2D eigenvalue weighted by molar-refractivity contribution is 0.0947. The van der Waals surface area contributed by atoms with Crippen LogP contribution >= 0.6 is 0 Å². The lowest BCUT2D eigenvalue weighted by atomic mass is 10.2. The van der Waals surface area contributed by atoms with Gasteiger partial charge in [0.2, 0.25) is 0 Å². The highest BCUT2D eigenvalue weighted by Gasteiger charge is 2.13. The van der Waals surface area contributed by atoms with E-state index >= 15 is 0 Å². The number of hydrogen-bond acceptors (Lipinski definition) is 4. The number of carbonyl (C=O) groups excluding carboxylic acids is 1. The summed E-state index contributed by atoms with van der Waals surface area (Å²) in [7, 11) is 1.69. The zero-order valence-electron chi connectivity index (χ0n) is 11.1. The number of aromatic nitrogens is 2. The minimum Gasteiger partial charge on any atom is -0.396 e. The summed E-state index contributed by atoms with van der Waals surface area (Å²) < 4.78 is 6.61. The molecule has 0 bridgehead atoms. The van der Waals surface area contributed by atoms with Gasteiger partial charge in [-0.3, -0.25) is 9.48 Å². The highest BCUT2D eigenvalue weighted by Crippen LogP contribution is 2.08. The molecular formula is C12H22N4O2. The van der Waals surface area contributed by atoms with E-state index in [-0.39, 0.29) is 5.91 Å². The third-order valence-electron chi connectivity index (χ3n) is 2.64. The van der Waals surface area contributed by atoms with Gasteiger partial charge in [-0.25, -0.2) is 0 Å². The number of aryl methyl sites for hydroxylation is 1. The van der Waals surface area contributed by atoms with E-state index in [1.807, 2.05) is 6.92 Å². The summed E-state index contributed by atoms with van der Waals surface area (Å²) in [5.41, 5.74) is 6.47. The second-order valence-corrected chi connectivity index (χ2v) is 4.10. The van der Waals surface area contributed by atoms with Gasteiger partial charge in [0.1, 0.15) is 0 Å². The normalized spacial score (nSPS) is 10.6. The Kier molecular flexibility index (Phi) is 6.21. The number of nitrogens with one attached hydrogen (secondary N) is 1. The molecule has 102 valence electrons. The Hall–Kier alpha value is -1.56. The van der Waals surface area contributed by atoms with Crippen molar-refractivity contribution in [3.63, 3.8) is 0 Å². The number of carbonyl (C=O) groups is 1. The van der Waals surface area contributed by atoms with Crippen LogP contribution < -0.4 is 11.1 Å². The number of nitrogens with zero attached hydrogens (tertiary/aromatic N) is 2. The van der Waals surface area contributed by atoms with Crippen molar-refractivity contribution < 1.29 is 9.53 Å². The van der Waals surface area contributed by atoms with Crippen molar-refractivity contribution in [2.75, 3.05) is 26.0 Å². The topological polar surface area (TPSA) is 82.2 Å². The van der Waals surface area contributed by atoms with E-state index < -0.39 is 0 Å². The number of nitrogens with two attached hydrogens (primary N) is 1. The molecular weight excluding hydrogens is 232 g/mol. The molecule has 0 saturated carbocycles. The maximum atomic E-state index is 11.8. The summed E-state index contributed by atoms with van der Waals surface area (Å²) in [6.07, 6.45) is 4.66. The van der Waals surface area contributed by atoms with Gasteiger partial charge in [0.15, 0.2) is 5.69 Å². The molecule has 0 fully saturated rings. The van der Waals surface area contributed by atoms with Crippen LogP contribution in [0.5, 0.6) is 0 Å². The van der Waals surface area contributed by atoms with Crippen LogP contribution in [0.2, 0.25) is 0 Å². The van der Waals surface area contributed by atoms with E-state index in [9.17, 15) is 4.79 Å². The van der Waals surface area contributed by atoms with E-state index in [0.717, 1.165) is 25.9 Å². The minimum absolute atomic E-state index is 0.202. The van der Waals surface area contributed by atoms with Gasteiger partial charge in [-0.15, -0.1) is 0 Å². The van der Waals surface area contributed by atoms with Gasteiger partial charge in [-0.1, -0.05) is 0 Å². The molecule has 0 aliphatic rings. The fourth-order valence-corrected chi connectivity index (χ4v) is 1.61. The fraction of sp³-hybridized carbons (Fsp3) is 0.667. The number of rotatable bonds is 8. The SMILES string of the molecule is CCn1cc(N)c(C(=O)NCCCCCOC)n1. The first kappa shape index (κ1) is 14.5. The first-order chi connectivity index (χ1) is 8.69. The summed E-state index contributed by atoms with van der Waals surface area (Å²) in [6, 6.07) is 0. The van der Waals surface area contributed by atoms with Gasteiger partial charge in [-0.05, 0) is 26.2 Å². The summed E-state index contributed by atoms with van der Waals surface area (Å²) in [4.78, 5) is 11.8. The minimum atomic E-state index is -0.202. The molecule has 1 aromatic rings. The molecule has 1 rings (SSSR count). The molecule has 0 radical (unpaired) electrons. The van der Waals surface area contributed by atoms with Gasteiger partial charge >= 0.3 is 0 Å². The van der Waals surface area contributed by atoms with Crippen molar-refractivity contribution in [2.45, 2.75) is 32.7 Å². The molecule has 0 aromatic carbocycles. The van der Waals surface area contributed by atoms with Crippen molar-refractivity contribution >= 4 is 11.6 Å². The van der Waals surface area contributed by atoms with E-state index in [0.29, 0.717) is 24.5 Å². The number of nitrogen functional groups attached to an aromatic ring is 1. The lowest BCUT2D eigenvalue weighted by Gasteiger charge is -2.03. The van der Waals surface area contributed by atoms with Crippen LogP contribution in [-0.2, 0) is 11.3 Å². The quantitative estimate of drug-likeness (QED) is 0.679.